The summed E-state index contributed by atoms with van der Waals surface area (Å²) >= 11 is 5.65. The largest absolute Gasteiger partial charge is 0.487 e. The molecule has 0 unspecified atom stereocenters. The third-order valence-electron chi connectivity index (χ3n) is 3.68. The Hall–Kier alpha value is -2.48. The zero-order chi connectivity index (χ0) is 19.3. The van der Waals surface area contributed by atoms with Crippen LogP contribution in [0.3, 0.4) is 0 Å². The molecule has 0 bridgehead atoms. The Labute approximate surface area is 161 Å². The van der Waals surface area contributed by atoms with Gasteiger partial charge in [0.1, 0.15) is 17.3 Å². The van der Waals surface area contributed by atoms with Crippen LogP contribution in [0.4, 0.5) is 4.39 Å². The van der Waals surface area contributed by atoms with Crippen LogP contribution in [-0.2, 0) is 23.2 Å². The zero-order valence-corrected chi connectivity index (χ0v) is 15.7. The Morgan fingerprint density at radius 3 is 2.67 bits per heavy atom. The maximum absolute atomic E-state index is 14.0. The summed E-state index contributed by atoms with van der Waals surface area (Å²) in [6, 6.07) is 16.3. The molecule has 1 aromatic heterocycles. The number of aromatic nitrogens is 1. The third-order valence-corrected chi connectivity index (χ3v) is 5.39. The SMILES string of the molecule is O=S(=O)(NCc1cccc(OCc2ccccn2)c1)c1cccc(Cl)c1F. The minimum Gasteiger partial charge on any atom is -0.487 e. The maximum atomic E-state index is 14.0. The first-order chi connectivity index (χ1) is 13.0. The second-order valence-corrected chi connectivity index (χ2v) is 7.78. The smallest absolute Gasteiger partial charge is 0.243 e. The van der Waals surface area contributed by atoms with Crippen LogP contribution in [-0.4, -0.2) is 13.4 Å². The standard InChI is InChI=1S/C19H16ClFN2O3S/c20-17-8-4-9-18(19(17)21)27(24,25)23-12-14-5-3-7-16(11-14)26-13-15-6-1-2-10-22-15/h1-11,23H,12-13H2. The summed E-state index contributed by atoms with van der Waals surface area (Å²) in [5.74, 6) is -0.398. The molecule has 5 nitrogen and oxygen atoms in total. The van der Waals surface area contributed by atoms with Gasteiger partial charge in [-0.05, 0) is 42.0 Å². The number of halogens is 2. The highest BCUT2D eigenvalue weighted by Crippen LogP contribution is 2.22. The number of hydrogen-bond donors (Lipinski definition) is 1. The van der Waals surface area contributed by atoms with E-state index < -0.39 is 20.7 Å². The average molecular weight is 407 g/mol. The van der Waals surface area contributed by atoms with E-state index >= 15 is 0 Å². The van der Waals surface area contributed by atoms with E-state index in [0.29, 0.717) is 17.9 Å². The molecule has 1 N–H and O–H groups in total. The quantitative estimate of drug-likeness (QED) is 0.645. The van der Waals surface area contributed by atoms with Gasteiger partial charge in [-0.2, -0.15) is 0 Å². The topological polar surface area (TPSA) is 68.3 Å². The molecule has 1 heterocycles. The first-order valence-corrected chi connectivity index (χ1v) is 9.87. The molecule has 3 rings (SSSR count). The number of sulfonamides is 1. The number of ether oxygens (including phenoxy) is 1. The van der Waals surface area contributed by atoms with E-state index in [0.717, 1.165) is 11.8 Å². The van der Waals surface area contributed by atoms with Crippen molar-refractivity contribution in [1.29, 1.82) is 0 Å². The monoisotopic (exact) mass is 406 g/mol. The van der Waals surface area contributed by atoms with Gasteiger partial charge in [0.25, 0.3) is 0 Å². The van der Waals surface area contributed by atoms with Gasteiger partial charge in [-0.25, -0.2) is 17.5 Å². The highest BCUT2D eigenvalue weighted by Gasteiger charge is 2.20. The van der Waals surface area contributed by atoms with Gasteiger partial charge in [0.05, 0.1) is 10.7 Å². The number of hydrogen-bond acceptors (Lipinski definition) is 4. The Morgan fingerprint density at radius 2 is 1.89 bits per heavy atom. The summed E-state index contributed by atoms with van der Waals surface area (Å²) in [6.45, 7) is 0.277. The van der Waals surface area contributed by atoms with E-state index in [4.69, 9.17) is 16.3 Å². The Kier molecular flexibility index (Phi) is 6.05. The van der Waals surface area contributed by atoms with Gasteiger partial charge in [0.15, 0.2) is 5.82 Å². The molecule has 8 heteroatoms. The predicted molar refractivity (Wildman–Crippen MR) is 100 cm³/mol. The maximum Gasteiger partial charge on any atom is 0.243 e. The van der Waals surface area contributed by atoms with Crippen LogP contribution < -0.4 is 9.46 Å². The summed E-state index contributed by atoms with van der Waals surface area (Å²) in [6.07, 6.45) is 1.68. The van der Waals surface area contributed by atoms with Crippen molar-refractivity contribution >= 4 is 21.6 Å². The molecule has 0 saturated heterocycles. The van der Waals surface area contributed by atoms with E-state index in [1.54, 1.807) is 30.5 Å². The van der Waals surface area contributed by atoms with Crippen molar-refractivity contribution in [3.05, 3.63) is 89.0 Å². The fourth-order valence-electron chi connectivity index (χ4n) is 2.33. The summed E-state index contributed by atoms with van der Waals surface area (Å²) in [5.41, 5.74) is 1.44. The second kappa shape index (κ2) is 8.47. The molecule has 0 aliphatic carbocycles. The fourth-order valence-corrected chi connectivity index (χ4v) is 3.68. The Morgan fingerprint density at radius 1 is 1.07 bits per heavy atom. The summed E-state index contributed by atoms with van der Waals surface area (Å²) in [4.78, 5) is 3.68. The van der Waals surface area contributed by atoms with Gasteiger partial charge in [-0.1, -0.05) is 35.9 Å². The molecular formula is C19H16ClFN2O3S. The van der Waals surface area contributed by atoms with Crippen molar-refractivity contribution in [2.75, 3.05) is 0 Å². The minimum atomic E-state index is -4.04. The summed E-state index contributed by atoms with van der Waals surface area (Å²) < 4.78 is 46.7. The van der Waals surface area contributed by atoms with Crippen molar-refractivity contribution < 1.29 is 17.5 Å². The second-order valence-electron chi connectivity index (χ2n) is 5.63. The number of benzene rings is 2. The highest BCUT2D eigenvalue weighted by molar-refractivity contribution is 7.89. The van der Waals surface area contributed by atoms with Crippen molar-refractivity contribution in [2.24, 2.45) is 0 Å². The normalized spacial score (nSPS) is 11.3. The number of nitrogens with one attached hydrogen (secondary N) is 1. The molecule has 0 radical (unpaired) electrons. The Balaban J connectivity index is 1.66. The number of nitrogens with zero attached hydrogens (tertiary/aromatic N) is 1. The van der Waals surface area contributed by atoms with Crippen LogP contribution in [0, 0.1) is 5.82 Å². The molecule has 0 spiro atoms. The molecule has 2 aromatic carbocycles. The van der Waals surface area contributed by atoms with Crippen LogP contribution >= 0.6 is 11.6 Å². The van der Waals surface area contributed by atoms with Gasteiger partial charge in [-0.3, -0.25) is 4.98 Å². The van der Waals surface area contributed by atoms with E-state index in [1.165, 1.54) is 12.1 Å². The lowest BCUT2D eigenvalue weighted by atomic mass is 10.2. The molecule has 0 aliphatic heterocycles. The predicted octanol–water partition coefficient (Wildman–Crippen LogP) is 3.93. The Bertz CT molecular complexity index is 1030. The van der Waals surface area contributed by atoms with E-state index in [9.17, 15) is 12.8 Å². The van der Waals surface area contributed by atoms with Gasteiger partial charge in [-0.15, -0.1) is 0 Å². The first-order valence-electron chi connectivity index (χ1n) is 8.01. The van der Waals surface area contributed by atoms with E-state index in [-0.39, 0.29) is 11.6 Å². The van der Waals surface area contributed by atoms with Gasteiger partial charge >= 0.3 is 0 Å². The highest BCUT2D eigenvalue weighted by atomic mass is 35.5. The van der Waals surface area contributed by atoms with Gasteiger partial charge < -0.3 is 4.74 Å². The van der Waals surface area contributed by atoms with Crippen LogP contribution in [0.2, 0.25) is 5.02 Å². The van der Waals surface area contributed by atoms with E-state index in [2.05, 4.69) is 9.71 Å². The molecule has 27 heavy (non-hydrogen) atoms. The molecule has 0 fully saturated rings. The molecule has 0 saturated carbocycles. The first kappa shape index (κ1) is 19.3. The van der Waals surface area contributed by atoms with Gasteiger partial charge in [0, 0.05) is 12.7 Å². The van der Waals surface area contributed by atoms with Crippen LogP contribution in [0.1, 0.15) is 11.3 Å². The average Bonchev–Trinajstić information content (AvgIpc) is 2.68. The van der Waals surface area contributed by atoms with Crippen molar-refractivity contribution in [1.82, 2.24) is 9.71 Å². The number of rotatable bonds is 7. The summed E-state index contributed by atoms with van der Waals surface area (Å²) in [5, 5.41) is -0.247. The lowest BCUT2D eigenvalue weighted by molar-refractivity contribution is 0.301. The molecular weight excluding hydrogens is 391 g/mol. The third kappa shape index (κ3) is 5.03. The van der Waals surface area contributed by atoms with Crippen LogP contribution in [0.5, 0.6) is 5.75 Å². The molecule has 0 aliphatic rings. The lowest BCUT2D eigenvalue weighted by Gasteiger charge is -2.10. The van der Waals surface area contributed by atoms with Crippen LogP contribution in [0.15, 0.2) is 71.8 Å². The van der Waals surface area contributed by atoms with Crippen molar-refractivity contribution in [3.8, 4) is 5.75 Å². The minimum absolute atomic E-state index is 0.0188. The molecule has 0 atom stereocenters. The van der Waals surface area contributed by atoms with Crippen molar-refractivity contribution in [3.63, 3.8) is 0 Å². The summed E-state index contributed by atoms with van der Waals surface area (Å²) in [7, 11) is -4.04. The molecule has 0 amide bonds. The zero-order valence-electron chi connectivity index (χ0n) is 14.1. The van der Waals surface area contributed by atoms with Crippen molar-refractivity contribution in [2.45, 2.75) is 18.0 Å². The van der Waals surface area contributed by atoms with E-state index in [1.807, 2.05) is 18.2 Å². The fraction of sp³-hybridized carbons (Fsp3) is 0.105. The molecule has 3 aromatic rings. The lowest BCUT2D eigenvalue weighted by Crippen LogP contribution is -2.24. The number of pyridine rings is 1. The van der Waals surface area contributed by atoms with Crippen LogP contribution in [0.25, 0.3) is 0 Å². The molecule has 140 valence electrons. The van der Waals surface area contributed by atoms with Gasteiger partial charge in [0.2, 0.25) is 10.0 Å².